The standard InChI is InChI=1S/C11H7ClN2O2/c1-5-8(12)3-2-6-9(5)14-11(16)7(4-13)10(6)15/h2-3H,1H3,(H2,14,15,16). The lowest BCUT2D eigenvalue weighted by Gasteiger charge is -2.06. The summed E-state index contributed by atoms with van der Waals surface area (Å²) in [7, 11) is 0. The number of hydrogen-bond acceptors (Lipinski definition) is 3. The van der Waals surface area contributed by atoms with Crippen molar-refractivity contribution >= 4 is 22.5 Å². The van der Waals surface area contributed by atoms with Crippen molar-refractivity contribution in [1.82, 2.24) is 4.98 Å². The number of nitrogens with one attached hydrogen (secondary N) is 1. The summed E-state index contributed by atoms with van der Waals surface area (Å²) >= 11 is 5.90. The van der Waals surface area contributed by atoms with E-state index in [-0.39, 0.29) is 11.3 Å². The quantitative estimate of drug-likeness (QED) is 0.733. The van der Waals surface area contributed by atoms with Crippen molar-refractivity contribution in [1.29, 1.82) is 5.26 Å². The first-order chi connectivity index (χ1) is 7.56. The van der Waals surface area contributed by atoms with E-state index in [0.29, 0.717) is 21.5 Å². The summed E-state index contributed by atoms with van der Waals surface area (Å²) in [5.74, 6) is -0.305. The number of pyridine rings is 1. The van der Waals surface area contributed by atoms with E-state index in [4.69, 9.17) is 16.9 Å². The van der Waals surface area contributed by atoms with Crippen LogP contribution < -0.4 is 5.56 Å². The fraction of sp³-hybridized carbons (Fsp3) is 0.0909. The van der Waals surface area contributed by atoms with E-state index in [1.807, 2.05) is 0 Å². The zero-order chi connectivity index (χ0) is 11.9. The Labute approximate surface area is 95.7 Å². The molecule has 0 saturated heterocycles. The average molecular weight is 235 g/mol. The Hall–Kier alpha value is -1.99. The van der Waals surface area contributed by atoms with Crippen LogP contribution in [0.2, 0.25) is 5.02 Å². The van der Waals surface area contributed by atoms with Gasteiger partial charge in [0.25, 0.3) is 5.56 Å². The van der Waals surface area contributed by atoms with Crippen molar-refractivity contribution in [3.8, 4) is 11.8 Å². The van der Waals surface area contributed by atoms with Gasteiger partial charge in [0.15, 0.2) is 5.56 Å². The van der Waals surface area contributed by atoms with Crippen molar-refractivity contribution in [2.24, 2.45) is 0 Å². The van der Waals surface area contributed by atoms with Crippen molar-refractivity contribution in [2.45, 2.75) is 6.92 Å². The van der Waals surface area contributed by atoms with Crippen molar-refractivity contribution in [3.05, 3.63) is 38.6 Å². The van der Waals surface area contributed by atoms with Gasteiger partial charge in [-0.1, -0.05) is 11.6 Å². The van der Waals surface area contributed by atoms with Crippen LogP contribution in [0.5, 0.6) is 5.75 Å². The van der Waals surface area contributed by atoms with Gasteiger partial charge in [0.1, 0.15) is 11.8 Å². The molecule has 2 rings (SSSR count). The third-order valence-electron chi connectivity index (χ3n) is 2.47. The summed E-state index contributed by atoms with van der Waals surface area (Å²) in [5, 5.41) is 19.4. The van der Waals surface area contributed by atoms with Gasteiger partial charge < -0.3 is 10.1 Å². The second-order valence-electron chi connectivity index (χ2n) is 3.38. The topological polar surface area (TPSA) is 76.9 Å². The Morgan fingerprint density at radius 3 is 2.81 bits per heavy atom. The van der Waals surface area contributed by atoms with Gasteiger partial charge in [0.2, 0.25) is 0 Å². The number of aromatic amines is 1. The van der Waals surface area contributed by atoms with E-state index in [1.165, 1.54) is 0 Å². The third kappa shape index (κ3) is 1.34. The second kappa shape index (κ2) is 3.54. The van der Waals surface area contributed by atoms with Crippen LogP contribution in [0.15, 0.2) is 16.9 Å². The van der Waals surface area contributed by atoms with Crippen LogP contribution in [0.4, 0.5) is 0 Å². The van der Waals surface area contributed by atoms with Crippen LogP contribution in [0.25, 0.3) is 10.9 Å². The number of fused-ring (bicyclic) bond motifs is 1. The summed E-state index contributed by atoms with van der Waals surface area (Å²) in [6.07, 6.45) is 0. The van der Waals surface area contributed by atoms with E-state index >= 15 is 0 Å². The molecule has 0 amide bonds. The number of aryl methyl sites for hydroxylation is 1. The molecule has 5 heteroatoms. The molecule has 0 saturated carbocycles. The molecule has 0 atom stereocenters. The van der Waals surface area contributed by atoms with Crippen LogP contribution in [-0.4, -0.2) is 10.1 Å². The zero-order valence-electron chi connectivity index (χ0n) is 8.34. The molecule has 0 aliphatic rings. The molecule has 16 heavy (non-hydrogen) atoms. The summed E-state index contributed by atoms with van der Waals surface area (Å²) in [5.41, 5.74) is 0.220. The number of rotatable bonds is 0. The fourth-order valence-electron chi connectivity index (χ4n) is 1.57. The van der Waals surface area contributed by atoms with Gasteiger partial charge in [-0.2, -0.15) is 5.26 Å². The summed E-state index contributed by atoms with van der Waals surface area (Å²) in [4.78, 5) is 14.0. The minimum atomic E-state index is -0.613. The normalized spacial score (nSPS) is 10.3. The number of nitriles is 1. The monoisotopic (exact) mass is 234 g/mol. The van der Waals surface area contributed by atoms with Gasteiger partial charge in [0, 0.05) is 10.4 Å². The number of hydrogen-bond donors (Lipinski definition) is 2. The first-order valence-corrected chi connectivity index (χ1v) is 4.88. The summed E-state index contributed by atoms with van der Waals surface area (Å²) in [6.45, 7) is 1.73. The Morgan fingerprint density at radius 2 is 2.19 bits per heavy atom. The highest BCUT2D eigenvalue weighted by molar-refractivity contribution is 6.32. The average Bonchev–Trinajstić information content (AvgIpc) is 2.25. The van der Waals surface area contributed by atoms with E-state index in [1.54, 1.807) is 25.1 Å². The number of nitrogens with zero attached hydrogens (tertiary/aromatic N) is 1. The SMILES string of the molecule is Cc1c(Cl)ccc2c(O)c(C#N)c(=O)[nH]c12. The smallest absolute Gasteiger partial charge is 0.270 e. The largest absolute Gasteiger partial charge is 0.506 e. The number of benzene rings is 1. The molecule has 0 radical (unpaired) electrons. The summed E-state index contributed by atoms with van der Waals surface area (Å²) in [6, 6.07) is 4.84. The van der Waals surface area contributed by atoms with E-state index in [9.17, 15) is 9.90 Å². The Balaban J connectivity index is 3.06. The number of aromatic nitrogens is 1. The van der Waals surface area contributed by atoms with Crippen molar-refractivity contribution in [3.63, 3.8) is 0 Å². The molecule has 80 valence electrons. The molecule has 0 aliphatic heterocycles. The maximum atomic E-state index is 11.5. The maximum absolute atomic E-state index is 11.5. The van der Waals surface area contributed by atoms with Gasteiger partial charge in [-0.15, -0.1) is 0 Å². The third-order valence-corrected chi connectivity index (χ3v) is 2.88. The highest BCUT2D eigenvalue weighted by atomic mass is 35.5. The maximum Gasteiger partial charge on any atom is 0.270 e. The van der Waals surface area contributed by atoms with Gasteiger partial charge in [-0.25, -0.2) is 0 Å². The van der Waals surface area contributed by atoms with Crippen LogP contribution in [0.1, 0.15) is 11.1 Å². The molecule has 1 aromatic heterocycles. The van der Waals surface area contributed by atoms with E-state index in [2.05, 4.69) is 4.98 Å². The number of halogens is 1. The van der Waals surface area contributed by atoms with Crippen LogP contribution in [0.3, 0.4) is 0 Å². The molecular weight excluding hydrogens is 228 g/mol. The van der Waals surface area contributed by atoms with Gasteiger partial charge in [0.05, 0.1) is 5.52 Å². The van der Waals surface area contributed by atoms with Crippen molar-refractivity contribution in [2.75, 3.05) is 0 Å². The molecule has 0 unspecified atom stereocenters. The Kier molecular flexibility index (Phi) is 2.33. The molecule has 4 nitrogen and oxygen atoms in total. The molecule has 2 N–H and O–H groups in total. The molecule has 1 heterocycles. The molecule has 0 bridgehead atoms. The minimum absolute atomic E-state index is 0.283. The predicted molar refractivity (Wildman–Crippen MR) is 60.7 cm³/mol. The molecule has 2 aromatic rings. The first kappa shape index (κ1) is 10.5. The van der Waals surface area contributed by atoms with Gasteiger partial charge in [-0.3, -0.25) is 4.79 Å². The fourth-order valence-corrected chi connectivity index (χ4v) is 1.72. The van der Waals surface area contributed by atoms with Gasteiger partial charge >= 0.3 is 0 Å². The van der Waals surface area contributed by atoms with Crippen LogP contribution >= 0.6 is 11.6 Å². The Bertz CT molecular complexity index is 683. The first-order valence-electron chi connectivity index (χ1n) is 4.50. The highest BCUT2D eigenvalue weighted by Crippen LogP contribution is 2.29. The molecule has 0 fully saturated rings. The lowest BCUT2D eigenvalue weighted by atomic mass is 10.1. The van der Waals surface area contributed by atoms with E-state index in [0.717, 1.165) is 0 Å². The molecule has 0 aliphatic carbocycles. The van der Waals surface area contributed by atoms with Crippen molar-refractivity contribution < 1.29 is 5.11 Å². The lowest BCUT2D eigenvalue weighted by Crippen LogP contribution is -2.10. The van der Waals surface area contributed by atoms with Gasteiger partial charge in [-0.05, 0) is 24.6 Å². The number of H-pyrrole nitrogens is 1. The minimum Gasteiger partial charge on any atom is -0.506 e. The Morgan fingerprint density at radius 1 is 1.50 bits per heavy atom. The second-order valence-corrected chi connectivity index (χ2v) is 3.79. The van der Waals surface area contributed by atoms with Crippen LogP contribution in [0, 0.1) is 18.3 Å². The predicted octanol–water partition coefficient (Wildman–Crippen LogP) is 2.07. The molecular formula is C11H7ClN2O2. The van der Waals surface area contributed by atoms with Crippen LogP contribution in [-0.2, 0) is 0 Å². The zero-order valence-corrected chi connectivity index (χ0v) is 9.09. The molecule has 0 spiro atoms. The molecule has 1 aromatic carbocycles. The number of aromatic hydroxyl groups is 1. The summed E-state index contributed by atoms with van der Waals surface area (Å²) < 4.78 is 0. The lowest BCUT2D eigenvalue weighted by molar-refractivity contribution is 0.478. The van der Waals surface area contributed by atoms with E-state index < -0.39 is 5.56 Å². The highest BCUT2D eigenvalue weighted by Gasteiger charge is 2.13.